The van der Waals surface area contributed by atoms with Crippen LogP contribution in [0.3, 0.4) is 0 Å². The number of carbonyl (C=O) groups excluding carboxylic acids is 1. The molecular weight excluding hydrogens is 257 g/mol. The van der Waals surface area contributed by atoms with Crippen molar-refractivity contribution in [3.63, 3.8) is 0 Å². The summed E-state index contributed by atoms with van der Waals surface area (Å²) >= 11 is 0. The van der Waals surface area contributed by atoms with Crippen molar-refractivity contribution in [2.24, 2.45) is 0 Å². The van der Waals surface area contributed by atoms with Crippen molar-refractivity contribution in [1.29, 1.82) is 0 Å². The predicted molar refractivity (Wildman–Crippen MR) is 76.3 cm³/mol. The van der Waals surface area contributed by atoms with Crippen LogP contribution in [0.25, 0.3) is 0 Å². The first-order valence-electron chi connectivity index (χ1n) is 6.35. The van der Waals surface area contributed by atoms with Crippen molar-refractivity contribution >= 4 is 11.6 Å². The maximum absolute atomic E-state index is 12.8. The van der Waals surface area contributed by atoms with Crippen LogP contribution in [0.15, 0.2) is 48.5 Å². The fourth-order valence-electron chi connectivity index (χ4n) is 1.71. The number of benzene rings is 2. The summed E-state index contributed by atoms with van der Waals surface area (Å²) in [5, 5.41) is 2.68. The Bertz CT molecular complexity index is 596. The summed E-state index contributed by atoms with van der Waals surface area (Å²) in [6.45, 7) is 3.59. The van der Waals surface area contributed by atoms with E-state index in [4.69, 9.17) is 4.74 Å². The molecule has 0 aromatic heterocycles. The Morgan fingerprint density at radius 1 is 1.15 bits per heavy atom. The van der Waals surface area contributed by atoms with Crippen molar-refractivity contribution in [2.75, 3.05) is 5.32 Å². The highest BCUT2D eigenvalue weighted by Crippen LogP contribution is 2.18. The van der Waals surface area contributed by atoms with Crippen molar-refractivity contribution < 1.29 is 13.9 Å². The second kappa shape index (κ2) is 6.19. The number of aryl methyl sites for hydroxylation is 1. The molecule has 0 spiro atoms. The van der Waals surface area contributed by atoms with Crippen molar-refractivity contribution in [3.05, 3.63) is 59.9 Å². The first kappa shape index (κ1) is 14.1. The molecule has 3 nitrogen and oxygen atoms in total. The summed E-state index contributed by atoms with van der Waals surface area (Å²) in [5.74, 6) is 0.0568. The SMILES string of the molecule is Cc1ccccc1O[C@@H](C)C(=O)Nc1ccc(F)cc1. The number of hydrogen-bond donors (Lipinski definition) is 1. The van der Waals surface area contributed by atoms with Gasteiger partial charge in [-0.2, -0.15) is 0 Å². The van der Waals surface area contributed by atoms with E-state index in [0.717, 1.165) is 5.56 Å². The average Bonchev–Trinajstić information content (AvgIpc) is 2.44. The van der Waals surface area contributed by atoms with E-state index < -0.39 is 6.10 Å². The lowest BCUT2D eigenvalue weighted by Crippen LogP contribution is -2.30. The van der Waals surface area contributed by atoms with Crippen LogP contribution in [0.5, 0.6) is 5.75 Å². The summed E-state index contributed by atoms with van der Waals surface area (Å²) in [7, 11) is 0. The monoisotopic (exact) mass is 273 g/mol. The van der Waals surface area contributed by atoms with Crippen molar-refractivity contribution in [2.45, 2.75) is 20.0 Å². The van der Waals surface area contributed by atoms with Gasteiger partial charge in [-0.15, -0.1) is 0 Å². The van der Waals surface area contributed by atoms with Crippen LogP contribution in [0.1, 0.15) is 12.5 Å². The highest BCUT2D eigenvalue weighted by atomic mass is 19.1. The Labute approximate surface area is 117 Å². The van der Waals surface area contributed by atoms with Gasteiger partial charge in [0.2, 0.25) is 0 Å². The number of amides is 1. The van der Waals surface area contributed by atoms with Gasteiger partial charge in [0.25, 0.3) is 5.91 Å². The molecule has 1 N–H and O–H groups in total. The second-order valence-electron chi connectivity index (χ2n) is 4.52. The molecule has 2 rings (SSSR count). The molecule has 2 aromatic carbocycles. The van der Waals surface area contributed by atoms with Gasteiger partial charge in [0, 0.05) is 5.69 Å². The molecule has 0 aliphatic heterocycles. The normalized spacial score (nSPS) is 11.8. The summed E-state index contributed by atoms with van der Waals surface area (Å²) in [5.41, 5.74) is 1.51. The molecular formula is C16H16FNO2. The quantitative estimate of drug-likeness (QED) is 0.925. The smallest absolute Gasteiger partial charge is 0.265 e. The van der Waals surface area contributed by atoms with Crippen LogP contribution in [0.2, 0.25) is 0 Å². The minimum Gasteiger partial charge on any atom is -0.481 e. The van der Waals surface area contributed by atoms with E-state index in [1.807, 2.05) is 31.2 Å². The lowest BCUT2D eigenvalue weighted by Gasteiger charge is -2.16. The zero-order chi connectivity index (χ0) is 14.5. The molecule has 0 bridgehead atoms. The second-order valence-corrected chi connectivity index (χ2v) is 4.52. The number of nitrogens with one attached hydrogen (secondary N) is 1. The number of anilines is 1. The van der Waals surface area contributed by atoms with E-state index in [2.05, 4.69) is 5.32 Å². The molecule has 0 heterocycles. The van der Waals surface area contributed by atoms with Gasteiger partial charge in [-0.1, -0.05) is 18.2 Å². The molecule has 0 saturated heterocycles. The lowest BCUT2D eigenvalue weighted by atomic mass is 10.2. The number of ether oxygens (including phenoxy) is 1. The first-order chi connectivity index (χ1) is 9.56. The van der Waals surface area contributed by atoms with E-state index in [-0.39, 0.29) is 11.7 Å². The number of para-hydroxylation sites is 1. The Morgan fingerprint density at radius 2 is 1.80 bits per heavy atom. The third kappa shape index (κ3) is 3.57. The Kier molecular flexibility index (Phi) is 4.35. The molecule has 0 fully saturated rings. The third-order valence-electron chi connectivity index (χ3n) is 2.88. The fourth-order valence-corrected chi connectivity index (χ4v) is 1.71. The van der Waals surface area contributed by atoms with Gasteiger partial charge in [-0.25, -0.2) is 4.39 Å². The Hall–Kier alpha value is -2.36. The minimum absolute atomic E-state index is 0.278. The number of rotatable bonds is 4. The van der Waals surface area contributed by atoms with Gasteiger partial charge >= 0.3 is 0 Å². The number of halogens is 1. The minimum atomic E-state index is -0.638. The van der Waals surface area contributed by atoms with Gasteiger partial charge in [0.05, 0.1) is 0 Å². The molecule has 0 aliphatic carbocycles. The van der Waals surface area contributed by atoms with Gasteiger partial charge < -0.3 is 10.1 Å². The lowest BCUT2D eigenvalue weighted by molar-refractivity contribution is -0.122. The predicted octanol–water partition coefficient (Wildman–Crippen LogP) is 3.54. The molecule has 0 unspecified atom stereocenters. The molecule has 4 heteroatoms. The maximum atomic E-state index is 12.8. The van der Waals surface area contributed by atoms with Crippen LogP contribution in [0, 0.1) is 12.7 Å². The van der Waals surface area contributed by atoms with Crippen LogP contribution in [-0.4, -0.2) is 12.0 Å². The van der Waals surface area contributed by atoms with Gasteiger partial charge in [0.1, 0.15) is 11.6 Å². The zero-order valence-corrected chi connectivity index (χ0v) is 11.4. The average molecular weight is 273 g/mol. The maximum Gasteiger partial charge on any atom is 0.265 e. The molecule has 0 aliphatic rings. The van der Waals surface area contributed by atoms with E-state index in [9.17, 15) is 9.18 Å². The van der Waals surface area contributed by atoms with Crippen LogP contribution >= 0.6 is 0 Å². The first-order valence-corrected chi connectivity index (χ1v) is 6.35. The van der Waals surface area contributed by atoms with Crippen LogP contribution in [0.4, 0.5) is 10.1 Å². The Balaban J connectivity index is 1.99. The van der Waals surface area contributed by atoms with Gasteiger partial charge in [-0.3, -0.25) is 4.79 Å². The molecule has 0 saturated carbocycles. The third-order valence-corrected chi connectivity index (χ3v) is 2.88. The number of hydrogen-bond acceptors (Lipinski definition) is 2. The molecule has 20 heavy (non-hydrogen) atoms. The highest BCUT2D eigenvalue weighted by molar-refractivity contribution is 5.94. The number of carbonyl (C=O) groups is 1. The topological polar surface area (TPSA) is 38.3 Å². The molecule has 0 radical (unpaired) electrons. The molecule has 2 aromatic rings. The fraction of sp³-hybridized carbons (Fsp3) is 0.188. The van der Waals surface area contributed by atoms with E-state index in [0.29, 0.717) is 11.4 Å². The summed E-state index contributed by atoms with van der Waals surface area (Å²) in [4.78, 5) is 12.0. The van der Waals surface area contributed by atoms with Crippen molar-refractivity contribution in [3.8, 4) is 5.75 Å². The van der Waals surface area contributed by atoms with Crippen LogP contribution in [-0.2, 0) is 4.79 Å². The van der Waals surface area contributed by atoms with Gasteiger partial charge in [-0.05, 0) is 49.7 Å². The summed E-state index contributed by atoms with van der Waals surface area (Å²) in [6, 6.07) is 13.1. The van der Waals surface area contributed by atoms with Crippen LogP contribution < -0.4 is 10.1 Å². The van der Waals surface area contributed by atoms with E-state index in [1.54, 1.807) is 6.92 Å². The van der Waals surface area contributed by atoms with E-state index >= 15 is 0 Å². The van der Waals surface area contributed by atoms with Crippen molar-refractivity contribution in [1.82, 2.24) is 0 Å². The summed E-state index contributed by atoms with van der Waals surface area (Å²) < 4.78 is 18.4. The largest absolute Gasteiger partial charge is 0.481 e. The molecule has 1 amide bonds. The standard InChI is InChI=1S/C16H16FNO2/c1-11-5-3-4-6-15(11)20-12(2)16(19)18-14-9-7-13(17)8-10-14/h3-10,12H,1-2H3,(H,18,19)/t12-/m0/s1. The highest BCUT2D eigenvalue weighted by Gasteiger charge is 2.15. The molecule has 1 atom stereocenters. The molecule has 104 valence electrons. The van der Waals surface area contributed by atoms with Gasteiger partial charge in [0.15, 0.2) is 6.10 Å². The van der Waals surface area contributed by atoms with E-state index in [1.165, 1.54) is 24.3 Å². The Morgan fingerprint density at radius 3 is 2.45 bits per heavy atom. The summed E-state index contributed by atoms with van der Waals surface area (Å²) in [6.07, 6.45) is -0.638. The zero-order valence-electron chi connectivity index (χ0n) is 11.4.